The Morgan fingerprint density at radius 1 is 0.957 bits per heavy atom. The normalized spacial score (nSPS) is 10.5. The van der Waals surface area contributed by atoms with Gasteiger partial charge in [0, 0.05) is 5.02 Å². The lowest BCUT2D eigenvalue weighted by Crippen LogP contribution is -2.17. The van der Waals surface area contributed by atoms with Crippen LogP contribution in [-0.2, 0) is 4.79 Å². The van der Waals surface area contributed by atoms with Crippen molar-refractivity contribution in [3.05, 3.63) is 71.2 Å². The first-order chi connectivity index (χ1) is 11.1. The molecular weight excluding hydrogens is 312 g/mol. The van der Waals surface area contributed by atoms with Crippen LogP contribution in [-0.4, -0.2) is 12.6 Å². The molecule has 0 saturated carbocycles. The summed E-state index contributed by atoms with van der Waals surface area (Å²) < 4.78 is 10.7. The molecule has 0 spiro atoms. The van der Waals surface area contributed by atoms with Crippen molar-refractivity contribution < 1.29 is 14.3 Å². The molecule has 0 bridgehead atoms. The van der Waals surface area contributed by atoms with Gasteiger partial charge in [0.15, 0.2) is 6.61 Å². The molecule has 0 aromatic heterocycles. The van der Waals surface area contributed by atoms with Gasteiger partial charge in [0.25, 0.3) is 0 Å². The van der Waals surface area contributed by atoms with E-state index in [0.717, 1.165) is 16.3 Å². The lowest BCUT2D eigenvalue weighted by Gasteiger charge is -2.08. The largest absolute Gasteiger partial charge is 0.482 e. The molecule has 0 unspecified atom stereocenters. The van der Waals surface area contributed by atoms with Gasteiger partial charge >= 0.3 is 5.97 Å². The predicted molar refractivity (Wildman–Crippen MR) is 91.3 cm³/mol. The molecule has 3 aromatic carbocycles. The molecule has 3 nitrogen and oxygen atoms in total. The van der Waals surface area contributed by atoms with E-state index in [1.807, 2.05) is 43.3 Å². The summed E-state index contributed by atoms with van der Waals surface area (Å²) in [5.41, 5.74) is 0.895. The van der Waals surface area contributed by atoms with Crippen molar-refractivity contribution in [3.8, 4) is 11.5 Å². The second-order valence-electron chi connectivity index (χ2n) is 5.18. The number of rotatable bonds is 4. The molecule has 3 aromatic rings. The van der Waals surface area contributed by atoms with E-state index in [-0.39, 0.29) is 6.61 Å². The number of esters is 1. The molecule has 0 aliphatic carbocycles. The standard InChI is InChI=1S/C19H15ClO3/c1-13-10-16(8-9-18(13)20)22-12-19(21)23-17-7-6-14-4-2-3-5-15(14)11-17/h2-11H,12H2,1H3. The van der Waals surface area contributed by atoms with E-state index < -0.39 is 5.97 Å². The van der Waals surface area contributed by atoms with Gasteiger partial charge in [-0.2, -0.15) is 0 Å². The number of aryl methyl sites for hydroxylation is 1. The third-order valence-electron chi connectivity index (χ3n) is 3.44. The average molecular weight is 327 g/mol. The summed E-state index contributed by atoms with van der Waals surface area (Å²) in [5.74, 6) is 0.639. The molecule has 0 heterocycles. The van der Waals surface area contributed by atoms with E-state index in [1.165, 1.54) is 0 Å². The fraction of sp³-hybridized carbons (Fsp3) is 0.105. The molecule has 0 aliphatic rings. The summed E-state index contributed by atoms with van der Waals surface area (Å²) in [6.45, 7) is 1.72. The monoisotopic (exact) mass is 326 g/mol. The molecular formula is C19H15ClO3. The summed E-state index contributed by atoms with van der Waals surface area (Å²) >= 11 is 5.95. The topological polar surface area (TPSA) is 35.5 Å². The summed E-state index contributed by atoms with van der Waals surface area (Å²) in [6.07, 6.45) is 0. The van der Waals surface area contributed by atoms with Gasteiger partial charge in [-0.05, 0) is 53.6 Å². The lowest BCUT2D eigenvalue weighted by molar-refractivity contribution is -0.136. The highest BCUT2D eigenvalue weighted by molar-refractivity contribution is 6.31. The number of carbonyl (C=O) groups is 1. The van der Waals surface area contributed by atoms with Gasteiger partial charge in [0.1, 0.15) is 11.5 Å². The highest BCUT2D eigenvalue weighted by atomic mass is 35.5. The second kappa shape index (κ2) is 6.71. The number of halogens is 1. The Balaban J connectivity index is 1.62. The van der Waals surface area contributed by atoms with Crippen LogP contribution in [0.15, 0.2) is 60.7 Å². The molecule has 23 heavy (non-hydrogen) atoms. The molecule has 0 radical (unpaired) electrons. The van der Waals surface area contributed by atoms with Crippen molar-refractivity contribution in [2.45, 2.75) is 6.92 Å². The minimum Gasteiger partial charge on any atom is -0.482 e. The third-order valence-corrected chi connectivity index (χ3v) is 3.86. The number of hydrogen-bond donors (Lipinski definition) is 0. The van der Waals surface area contributed by atoms with Crippen molar-refractivity contribution in [1.29, 1.82) is 0 Å². The van der Waals surface area contributed by atoms with Crippen molar-refractivity contribution in [2.24, 2.45) is 0 Å². The van der Waals surface area contributed by atoms with Crippen LogP contribution in [0, 0.1) is 6.92 Å². The Kier molecular flexibility index (Phi) is 4.49. The fourth-order valence-electron chi connectivity index (χ4n) is 2.24. The van der Waals surface area contributed by atoms with Crippen LogP contribution in [0.4, 0.5) is 0 Å². The first-order valence-electron chi connectivity index (χ1n) is 7.20. The van der Waals surface area contributed by atoms with Crippen molar-refractivity contribution in [2.75, 3.05) is 6.61 Å². The summed E-state index contributed by atoms with van der Waals surface area (Å²) in [5, 5.41) is 2.78. The number of benzene rings is 3. The molecule has 0 N–H and O–H groups in total. The van der Waals surface area contributed by atoms with Crippen LogP contribution < -0.4 is 9.47 Å². The van der Waals surface area contributed by atoms with E-state index in [1.54, 1.807) is 24.3 Å². The van der Waals surface area contributed by atoms with Gasteiger partial charge in [0.2, 0.25) is 0 Å². The number of carbonyl (C=O) groups excluding carboxylic acids is 1. The van der Waals surface area contributed by atoms with Crippen molar-refractivity contribution in [1.82, 2.24) is 0 Å². The third kappa shape index (κ3) is 3.82. The van der Waals surface area contributed by atoms with Gasteiger partial charge in [-0.3, -0.25) is 0 Å². The molecule has 0 aliphatic heterocycles. The van der Waals surface area contributed by atoms with Gasteiger partial charge in [0.05, 0.1) is 0 Å². The Morgan fingerprint density at radius 3 is 2.48 bits per heavy atom. The Morgan fingerprint density at radius 2 is 1.70 bits per heavy atom. The van der Waals surface area contributed by atoms with Gasteiger partial charge in [-0.25, -0.2) is 4.79 Å². The predicted octanol–water partition coefficient (Wildman–Crippen LogP) is 4.79. The van der Waals surface area contributed by atoms with Crippen molar-refractivity contribution in [3.63, 3.8) is 0 Å². The smallest absolute Gasteiger partial charge is 0.349 e. The van der Waals surface area contributed by atoms with Gasteiger partial charge in [-0.15, -0.1) is 0 Å². The molecule has 0 atom stereocenters. The minimum absolute atomic E-state index is 0.159. The second-order valence-corrected chi connectivity index (χ2v) is 5.59. The SMILES string of the molecule is Cc1cc(OCC(=O)Oc2ccc3ccccc3c2)ccc1Cl. The maximum atomic E-state index is 11.9. The van der Waals surface area contributed by atoms with Crippen LogP contribution in [0.1, 0.15) is 5.56 Å². The zero-order valence-corrected chi connectivity index (χ0v) is 13.3. The molecule has 116 valence electrons. The highest BCUT2D eigenvalue weighted by Crippen LogP contribution is 2.22. The molecule has 4 heteroatoms. The molecule has 0 fully saturated rings. The molecule has 0 saturated heterocycles. The first-order valence-corrected chi connectivity index (χ1v) is 7.58. The quantitative estimate of drug-likeness (QED) is 0.511. The zero-order chi connectivity index (χ0) is 16.2. The fourth-order valence-corrected chi connectivity index (χ4v) is 2.36. The summed E-state index contributed by atoms with van der Waals surface area (Å²) in [7, 11) is 0. The van der Waals surface area contributed by atoms with Crippen LogP contribution >= 0.6 is 11.6 Å². The Bertz CT molecular complexity index is 858. The minimum atomic E-state index is -0.451. The lowest BCUT2D eigenvalue weighted by atomic mass is 10.1. The van der Waals surface area contributed by atoms with E-state index in [2.05, 4.69) is 0 Å². The molecule has 3 rings (SSSR count). The van der Waals surface area contributed by atoms with E-state index >= 15 is 0 Å². The average Bonchev–Trinajstić information content (AvgIpc) is 2.56. The maximum Gasteiger partial charge on any atom is 0.349 e. The zero-order valence-electron chi connectivity index (χ0n) is 12.6. The van der Waals surface area contributed by atoms with Crippen LogP contribution in [0.2, 0.25) is 5.02 Å². The van der Waals surface area contributed by atoms with Crippen LogP contribution in [0.3, 0.4) is 0 Å². The highest BCUT2D eigenvalue weighted by Gasteiger charge is 2.07. The first kappa shape index (κ1) is 15.4. The van der Waals surface area contributed by atoms with Gasteiger partial charge in [-0.1, -0.05) is 41.9 Å². The van der Waals surface area contributed by atoms with Gasteiger partial charge < -0.3 is 9.47 Å². The van der Waals surface area contributed by atoms with E-state index in [4.69, 9.17) is 21.1 Å². The van der Waals surface area contributed by atoms with Crippen molar-refractivity contribution >= 4 is 28.3 Å². The van der Waals surface area contributed by atoms with E-state index in [9.17, 15) is 4.79 Å². The van der Waals surface area contributed by atoms with E-state index in [0.29, 0.717) is 16.5 Å². The maximum absolute atomic E-state index is 11.9. The van der Waals surface area contributed by atoms with Crippen LogP contribution in [0.5, 0.6) is 11.5 Å². The number of fused-ring (bicyclic) bond motifs is 1. The van der Waals surface area contributed by atoms with Crippen LogP contribution in [0.25, 0.3) is 10.8 Å². The Labute approximate surface area is 139 Å². The number of ether oxygens (including phenoxy) is 2. The number of hydrogen-bond acceptors (Lipinski definition) is 3. The molecule has 0 amide bonds. The summed E-state index contributed by atoms with van der Waals surface area (Å²) in [4.78, 5) is 11.9. The summed E-state index contributed by atoms with van der Waals surface area (Å²) in [6, 6.07) is 18.7. The Hall–Kier alpha value is -2.52.